The third kappa shape index (κ3) is 3.35. The van der Waals surface area contributed by atoms with Crippen molar-refractivity contribution in [1.82, 2.24) is 9.78 Å². The molecular weight excluding hydrogens is 321 g/mol. The van der Waals surface area contributed by atoms with Crippen LogP contribution in [0.15, 0.2) is 35.7 Å². The van der Waals surface area contributed by atoms with Crippen LogP contribution in [0.3, 0.4) is 0 Å². The van der Waals surface area contributed by atoms with E-state index in [2.05, 4.69) is 5.10 Å². The predicted octanol–water partition coefficient (Wildman–Crippen LogP) is 3.63. The first-order valence-corrected chi connectivity index (χ1v) is 6.92. The third-order valence-corrected chi connectivity index (χ3v) is 3.49. The van der Waals surface area contributed by atoms with Gasteiger partial charge in [0.05, 0.1) is 28.9 Å². The molecule has 22 heavy (non-hydrogen) atoms. The van der Waals surface area contributed by atoms with E-state index < -0.39 is 23.3 Å². The van der Waals surface area contributed by atoms with Crippen molar-refractivity contribution in [3.63, 3.8) is 0 Å². The standard InChI is InChI=1S/C14H14ClF3N2O2/c1-3-22-12(21)9-4-10(14(16,17)18)6-13(2,5-9)20-8-11(15)7-19-20/h4-5,7-8H,3,6H2,1-2H3. The van der Waals surface area contributed by atoms with Crippen molar-refractivity contribution in [2.24, 2.45) is 0 Å². The summed E-state index contributed by atoms with van der Waals surface area (Å²) >= 11 is 5.78. The Kier molecular flexibility index (Phi) is 4.37. The van der Waals surface area contributed by atoms with Gasteiger partial charge in [-0.3, -0.25) is 4.68 Å². The topological polar surface area (TPSA) is 44.1 Å². The number of carbonyl (C=O) groups excluding carboxylic acids is 1. The Morgan fingerprint density at radius 2 is 2.23 bits per heavy atom. The Morgan fingerprint density at radius 3 is 2.73 bits per heavy atom. The zero-order valence-corrected chi connectivity index (χ0v) is 12.7. The van der Waals surface area contributed by atoms with Crippen LogP contribution < -0.4 is 0 Å². The van der Waals surface area contributed by atoms with Crippen LogP contribution >= 0.6 is 11.6 Å². The summed E-state index contributed by atoms with van der Waals surface area (Å²) < 4.78 is 45.5. The molecule has 0 fully saturated rings. The maximum atomic E-state index is 13.1. The maximum absolute atomic E-state index is 13.1. The van der Waals surface area contributed by atoms with E-state index in [4.69, 9.17) is 16.3 Å². The lowest BCUT2D eigenvalue weighted by Crippen LogP contribution is -2.35. The normalized spacial score (nSPS) is 22.1. The molecular formula is C14H14ClF3N2O2. The molecule has 120 valence electrons. The fraction of sp³-hybridized carbons (Fsp3) is 0.429. The van der Waals surface area contributed by atoms with Gasteiger partial charge in [-0.25, -0.2) is 4.79 Å². The van der Waals surface area contributed by atoms with Gasteiger partial charge in [-0.1, -0.05) is 11.6 Å². The Balaban J connectivity index is 2.48. The number of alkyl halides is 3. The molecule has 0 saturated carbocycles. The van der Waals surface area contributed by atoms with Crippen LogP contribution in [-0.4, -0.2) is 28.5 Å². The van der Waals surface area contributed by atoms with E-state index in [0.717, 1.165) is 6.08 Å². The minimum absolute atomic E-state index is 0.0790. The van der Waals surface area contributed by atoms with Gasteiger partial charge in [-0.2, -0.15) is 18.3 Å². The van der Waals surface area contributed by atoms with Gasteiger partial charge in [0.15, 0.2) is 0 Å². The van der Waals surface area contributed by atoms with E-state index in [9.17, 15) is 18.0 Å². The number of halogens is 4. The zero-order valence-electron chi connectivity index (χ0n) is 11.9. The van der Waals surface area contributed by atoms with Gasteiger partial charge < -0.3 is 4.74 Å². The first-order chi connectivity index (χ1) is 10.2. The summed E-state index contributed by atoms with van der Waals surface area (Å²) in [6.07, 6.45) is 0.104. The van der Waals surface area contributed by atoms with Crippen molar-refractivity contribution >= 4 is 17.6 Å². The molecule has 1 atom stereocenters. The van der Waals surface area contributed by atoms with E-state index >= 15 is 0 Å². The number of hydrogen-bond donors (Lipinski definition) is 0. The second-order valence-corrected chi connectivity index (χ2v) is 5.56. The van der Waals surface area contributed by atoms with Crippen molar-refractivity contribution < 1.29 is 22.7 Å². The Bertz CT molecular complexity index is 649. The molecule has 1 aliphatic rings. The van der Waals surface area contributed by atoms with E-state index in [1.54, 1.807) is 13.8 Å². The second kappa shape index (κ2) is 5.79. The van der Waals surface area contributed by atoms with Crippen molar-refractivity contribution in [3.05, 3.63) is 40.7 Å². The second-order valence-electron chi connectivity index (χ2n) is 5.12. The maximum Gasteiger partial charge on any atom is 0.412 e. The lowest BCUT2D eigenvalue weighted by Gasteiger charge is -2.32. The molecule has 0 spiro atoms. The van der Waals surface area contributed by atoms with Crippen molar-refractivity contribution in [3.8, 4) is 0 Å². The monoisotopic (exact) mass is 334 g/mol. The summed E-state index contributed by atoms with van der Waals surface area (Å²) in [4.78, 5) is 11.8. The number of ether oxygens (including phenoxy) is 1. The number of aromatic nitrogens is 2. The summed E-state index contributed by atoms with van der Waals surface area (Å²) in [7, 11) is 0. The largest absolute Gasteiger partial charge is 0.462 e. The molecule has 1 aromatic heterocycles. The minimum atomic E-state index is -4.54. The Hall–Kier alpha value is -1.76. The molecule has 0 amide bonds. The Morgan fingerprint density at radius 1 is 1.55 bits per heavy atom. The molecule has 0 aromatic carbocycles. The number of esters is 1. The predicted molar refractivity (Wildman–Crippen MR) is 74.4 cm³/mol. The van der Waals surface area contributed by atoms with Crippen molar-refractivity contribution in [2.45, 2.75) is 32.0 Å². The molecule has 0 aliphatic heterocycles. The first-order valence-electron chi connectivity index (χ1n) is 6.54. The third-order valence-electron chi connectivity index (χ3n) is 3.29. The fourth-order valence-corrected chi connectivity index (χ4v) is 2.43. The van der Waals surface area contributed by atoms with E-state index in [-0.39, 0.29) is 18.6 Å². The molecule has 4 nitrogen and oxygen atoms in total. The van der Waals surface area contributed by atoms with Crippen LogP contribution in [0.25, 0.3) is 0 Å². The Labute approximate surface area is 130 Å². The highest BCUT2D eigenvalue weighted by Crippen LogP contribution is 2.40. The molecule has 0 saturated heterocycles. The summed E-state index contributed by atoms with van der Waals surface area (Å²) in [5.74, 6) is -0.798. The number of hydrogen-bond acceptors (Lipinski definition) is 3. The summed E-state index contributed by atoms with van der Waals surface area (Å²) in [6.45, 7) is 3.21. The van der Waals surface area contributed by atoms with Gasteiger partial charge in [0.2, 0.25) is 0 Å². The number of nitrogens with zero attached hydrogens (tertiary/aromatic N) is 2. The quantitative estimate of drug-likeness (QED) is 0.793. The lowest BCUT2D eigenvalue weighted by molar-refractivity contribution is -0.138. The molecule has 1 unspecified atom stereocenters. The average Bonchev–Trinajstić information content (AvgIpc) is 2.85. The van der Waals surface area contributed by atoms with Gasteiger partial charge in [0.25, 0.3) is 0 Å². The SMILES string of the molecule is CCOC(=O)C1=CC(C)(n2cc(Cl)cn2)CC(C(F)(F)F)=C1. The van der Waals surface area contributed by atoms with Crippen molar-refractivity contribution in [2.75, 3.05) is 6.61 Å². The van der Waals surface area contributed by atoms with Gasteiger partial charge in [0.1, 0.15) is 0 Å². The van der Waals surface area contributed by atoms with E-state index in [0.29, 0.717) is 5.02 Å². The van der Waals surface area contributed by atoms with Gasteiger partial charge in [0, 0.05) is 18.2 Å². The highest BCUT2D eigenvalue weighted by atomic mass is 35.5. The molecule has 0 N–H and O–H groups in total. The van der Waals surface area contributed by atoms with Crippen LogP contribution in [0.1, 0.15) is 20.3 Å². The molecule has 0 bridgehead atoms. The van der Waals surface area contributed by atoms with E-state index in [1.165, 1.54) is 23.2 Å². The number of allylic oxidation sites excluding steroid dienone is 2. The van der Waals surface area contributed by atoms with Gasteiger partial charge in [-0.15, -0.1) is 0 Å². The van der Waals surface area contributed by atoms with Crippen LogP contribution in [-0.2, 0) is 15.1 Å². The summed E-state index contributed by atoms with van der Waals surface area (Å²) in [5, 5.41) is 4.26. The van der Waals surface area contributed by atoms with Crippen LogP contribution in [0.2, 0.25) is 5.02 Å². The van der Waals surface area contributed by atoms with Gasteiger partial charge in [-0.05, 0) is 26.0 Å². The van der Waals surface area contributed by atoms with Crippen LogP contribution in [0.5, 0.6) is 0 Å². The zero-order chi connectivity index (χ0) is 16.5. The lowest BCUT2D eigenvalue weighted by atomic mass is 9.84. The molecule has 1 aliphatic carbocycles. The molecule has 1 aromatic rings. The summed E-state index contributed by atoms with van der Waals surface area (Å²) in [6, 6.07) is 0. The number of rotatable bonds is 3. The van der Waals surface area contributed by atoms with Crippen LogP contribution in [0, 0.1) is 0 Å². The molecule has 0 radical (unpaired) electrons. The molecule has 2 rings (SSSR count). The highest BCUT2D eigenvalue weighted by molar-refractivity contribution is 6.30. The molecule has 8 heteroatoms. The minimum Gasteiger partial charge on any atom is -0.462 e. The number of carbonyl (C=O) groups is 1. The van der Waals surface area contributed by atoms with Crippen LogP contribution in [0.4, 0.5) is 13.2 Å². The summed E-state index contributed by atoms with van der Waals surface area (Å²) in [5.41, 5.74) is -2.11. The average molecular weight is 335 g/mol. The first kappa shape index (κ1) is 16.6. The fourth-order valence-electron chi connectivity index (χ4n) is 2.29. The van der Waals surface area contributed by atoms with E-state index in [1.807, 2.05) is 0 Å². The highest BCUT2D eigenvalue weighted by Gasteiger charge is 2.42. The van der Waals surface area contributed by atoms with Crippen molar-refractivity contribution in [1.29, 1.82) is 0 Å². The molecule has 1 heterocycles. The smallest absolute Gasteiger partial charge is 0.412 e. The van der Waals surface area contributed by atoms with Gasteiger partial charge >= 0.3 is 12.1 Å².